The maximum atomic E-state index is 12.7. The van der Waals surface area contributed by atoms with Gasteiger partial charge in [-0.3, -0.25) is 4.79 Å². The number of hydrogen-bond donors (Lipinski definition) is 1. The molecule has 2 aliphatic rings. The normalized spacial score (nSPS) is 19.8. The number of sulfonamides is 1. The van der Waals surface area contributed by atoms with Gasteiger partial charge in [0.15, 0.2) is 0 Å². The number of amides is 1. The molecule has 0 radical (unpaired) electrons. The first-order valence-electron chi connectivity index (χ1n) is 10.4. The molecule has 28 heavy (non-hydrogen) atoms. The van der Waals surface area contributed by atoms with Crippen LogP contribution in [0.5, 0.6) is 0 Å². The molecule has 0 spiro atoms. The third-order valence-corrected chi connectivity index (χ3v) is 8.98. The van der Waals surface area contributed by atoms with E-state index in [1.165, 1.54) is 25.7 Å². The summed E-state index contributed by atoms with van der Waals surface area (Å²) in [6.07, 6.45) is 6.52. The Morgan fingerprint density at radius 2 is 1.75 bits per heavy atom. The van der Waals surface area contributed by atoms with E-state index in [2.05, 4.69) is 5.32 Å². The van der Waals surface area contributed by atoms with Gasteiger partial charge in [-0.15, -0.1) is 0 Å². The maximum absolute atomic E-state index is 12.7. The molecule has 3 rings (SSSR count). The molecule has 0 bridgehead atoms. The number of thioether (sulfide) groups is 1. The standard InChI is InChI=1S/C21H32N2O3S2/c1-17-6-8-18(9-7-17)16-28(25,26)23-13-10-19(11-14-23)21(24)22-12-15-27-20-4-2-3-5-20/h6-9,19-20H,2-5,10-16H2,1H3,(H,22,24). The number of hydrogen-bond acceptors (Lipinski definition) is 4. The van der Waals surface area contributed by atoms with Crippen LogP contribution in [0.4, 0.5) is 0 Å². The van der Waals surface area contributed by atoms with Gasteiger partial charge >= 0.3 is 0 Å². The molecule has 5 nitrogen and oxygen atoms in total. The van der Waals surface area contributed by atoms with Crippen molar-refractivity contribution in [3.05, 3.63) is 35.4 Å². The molecule has 0 atom stereocenters. The fraction of sp³-hybridized carbons (Fsp3) is 0.667. The van der Waals surface area contributed by atoms with Crippen molar-refractivity contribution in [3.63, 3.8) is 0 Å². The number of nitrogens with one attached hydrogen (secondary N) is 1. The Labute approximate surface area is 173 Å². The van der Waals surface area contributed by atoms with Crippen molar-refractivity contribution < 1.29 is 13.2 Å². The zero-order valence-electron chi connectivity index (χ0n) is 16.7. The molecule has 1 aliphatic heterocycles. The Morgan fingerprint density at radius 3 is 2.39 bits per heavy atom. The third-order valence-electron chi connectivity index (χ3n) is 5.74. The highest BCUT2D eigenvalue weighted by atomic mass is 32.2. The van der Waals surface area contributed by atoms with Gasteiger partial charge in [0.25, 0.3) is 0 Å². The minimum Gasteiger partial charge on any atom is -0.355 e. The van der Waals surface area contributed by atoms with Crippen LogP contribution in [0, 0.1) is 12.8 Å². The van der Waals surface area contributed by atoms with Crippen LogP contribution in [-0.4, -0.2) is 49.3 Å². The van der Waals surface area contributed by atoms with Gasteiger partial charge in [0.2, 0.25) is 15.9 Å². The molecular formula is C21H32N2O3S2. The van der Waals surface area contributed by atoms with Crippen LogP contribution in [-0.2, 0) is 20.6 Å². The Morgan fingerprint density at radius 1 is 1.11 bits per heavy atom. The predicted octanol–water partition coefficient (Wildman–Crippen LogP) is 3.33. The second kappa shape index (κ2) is 10.1. The first-order valence-corrected chi connectivity index (χ1v) is 13.0. The lowest BCUT2D eigenvalue weighted by molar-refractivity contribution is -0.125. The second-order valence-electron chi connectivity index (χ2n) is 7.98. The molecule has 1 aromatic rings. The summed E-state index contributed by atoms with van der Waals surface area (Å²) in [4.78, 5) is 12.4. The Kier molecular flexibility index (Phi) is 7.83. The van der Waals surface area contributed by atoms with Crippen LogP contribution in [0.3, 0.4) is 0 Å². The van der Waals surface area contributed by atoms with E-state index >= 15 is 0 Å². The van der Waals surface area contributed by atoms with E-state index in [0.717, 1.165) is 22.1 Å². The lowest BCUT2D eigenvalue weighted by atomic mass is 9.97. The van der Waals surface area contributed by atoms with Gasteiger partial charge in [-0.05, 0) is 38.2 Å². The van der Waals surface area contributed by atoms with Crippen molar-refractivity contribution in [1.82, 2.24) is 9.62 Å². The molecule has 1 aliphatic carbocycles. The molecule has 0 aromatic heterocycles. The molecule has 1 aromatic carbocycles. The smallest absolute Gasteiger partial charge is 0.223 e. The van der Waals surface area contributed by atoms with E-state index in [-0.39, 0.29) is 17.6 Å². The molecule has 1 heterocycles. The molecule has 2 fully saturated rings. The highest BCUT2D eigenvalue weighted by Gasteiger charge is 2.31. The lowest BCUT2D eigenvalue weighted by Gasteiger charge is -2.30. The average molecular weight is 425 g/mol. The zero-order chi connectivity index (χ0) is 20.0. The molecule has 1 saturated heterocycles. The summed E-state index contributed by atoms with van der Waals surface area (Å²) in [6.45, 7) is 3.57. The Balaban J connectivity index is 1.39. The lowest BCUT2D eigenvalue weighted by Crippen LogP contribution is -2.43. The maximum Gasteiger partial charge on any atom is 0.223 e. The molecule has 1 amide bonds. The highest BCUT2D eigenvalue weighted by molar-refractivity contribution is 7.99. The van der Waals surface area contributed by atoms with Crippen molar-refractivity contribution in [3.8, 4) is 0 Å². The van der Waals surface area contributed by atoms with E-state index in [1.807, 2.05) is 43.0 Å². The van der Waals surface area contributed by atoms with Gasteiger partial charge in [0, 0.05) is 36.6 Å². The summed E-state index contributed by atoms with van der Waals surface area (Å²) in [5.41, 5.74) is 1.93. The molecule has 0 unspecified atom stereocenters. The number of carbonyl (C=O) groups is 1. The van der Waals surface area contributed by atoms with Gasteiger partial charge in [0.1, 0.15) is 0 Å². The Hall–Kier alpha value is -1.05. The zero-order valence-corrected chi connectivity index (χ0v) is 18.4. The number of nitrogens with zero attached hydrogens (tertiary/aromatic N) is 1. The van der Waals surface area contributed by atoms with Gasteiger partial charge in [-0.1, -0.05) is 42.7 Å². The van der Waals surface area contributed by atoms with Crippen molar-refractivity contribution in [2.75, 3.05) is 25.4 Å². The van der Waals surface area contributed by atoms with Crippen LogP contribution >= 0.6 is 11.8 Å². The minimum absolute atomic E-state index is 0.0303. The molecule has 1 N–H and O–H groups in total. The van der Waals surface area contributed by atoms with Crippen molar-refractivity contribution in [2.45, 2.75) is 56.5 Å². The minimum atomic E-state index is -3.33. The monoisotopic (exact) mass is 424 g/mol. The van der Waals surface area contributed by atoms with E-state index in [0.29, 0.717) is 32.5 Å². The molecule has 7 heteroatoms. The van der Waals surface area contributed by atoms with Gasteiger partial charge in [-0.2, -0.15) is 11.8 Å². The van der Waals surface area contributed by atoms with Gasteiger partial charge < -0.3 is 5.32 Å². The van der Waals surface area contributed by atoms with Crippen molar-refractivity contribution in [2.24, 2.45) is 5.92 Å². The van der Waals surface area contributed by atoms with E-state index in [9.17, 15) is 13.2 Å². The summed E-state index contributed by atoms with van der Waals surface area (Å²) >= 11 is 1.98. The summed E-state index contributed by atoms with van der Waals surface area (Å²) in [5.74, 6) is 1.02. The molecule has 1 saturated carbocycles. The van der Waals surface area contributed by atoms with Gasteiger partial charge in [-0.25, -0.2) is 12.7 Å². The van der Waals surface area contributed by atoms with Gasteiger partial charge in [0.05, 0.1) is 5.75 Å². The first kappa shape index (κ1) is 21.7. The van der Waals surface area contributed by atoms with E-state index in [1.54, 1.807) is 4.31 Å². The van der Waals surface area contributed by atoms with Crippen LogP contribution in [0.15, 0.2) is 24.3 Å². The topological polar surface area (TPSA) is 66.5 Å². The Bertz CT molecular complexity index is 735. The number of benzene rings is 1. The van der Waals surface area contributed by atoms with E-state index < -0.39 is 10.0 Å². The number of rotatable bonds is 8. The van der Waals surface area contributed by atoms with Crippen LogP contribution in [0.25, 0.3) is 0 Å². The quantitative estimate of drug-likeness (QED) is 0.650. The fourth-order valence-corrected chi connectivity index (χ4v) is 6.76. The summed E-state index contributed by atoms with van der Waals surface area (Å²) in [5, 5.41) is 3.82. The van der Waals surface area contributed by atoms with Crippen LogP contribution in [0.1, 0.15) is 49.7 Å². The first-order chi connectivity index (χ1) is 13.4. The van der Waals surface area contributed by atoms with Crippen LogP contribution < -0.4 is 5.32 Å². The largest absolute Gasteiger partial charge is 0.355 e. The SMILES string of the molecule is Cc1ccc(CS(=O)(=O)N2CCC(C(=O)NCCSC3CCCC3)CC2)cc1. The van der Waals surface area contributed by atoms with Crippen LogP contribution in [0.2, 0.25) is 0 Å². The number of carbonyl (C=O) groups excluding carboxylic acids is 1. The fourth-order valence-electron chi connectivity index (χ4n) is 3.98. The second-order valence-corrected chi connectivity index (χ2v) is 11.4. The summed E-state index contributed by atoms with van der Waals surface area (Å²) < 4.78 is 26.9. The third kappa shape index (κ3) is 6.22. The van der Waals surface area contributed by atoms with E-state index in [4.69, 9.17) is 0 Å². The number of aryl methyl sites for hydroxylation is 1. The average Bonchev–Trinajstić information content (AvgIpc) is 3.20. The molecule has 156 valence electrons. The van der Waals surface area contributed by atoms with Crippen molar-refractivity contribution >= 4 is 27.7 Å². The predicted molar refractivity (Wildman–Crippen MR) is 116 cm³/mol. The highest BCUT2D eigenvalue weighted by Crippen LogP contribution is 2.29. The molecular weight excluding hydrogens is 392 g/mol. The number of piperidine rings is 1. The summed E-state index contributed by atoms with van der Waals surface area (Å²) in [6, 6.07) is 7.62. The van der Waals surface area contributed by atoms with Crippen molar-refractivity contribution in [1.29, 1.82) is 0 Å². The summed E-state index contributed by atoms with van der Waals surface area (Å²) in [7, 11) is -3.33.